The van der Waals surface area contributed by atoms with Crippen LogP contribution in [0.4, 0.5) is 0 Å². The maximum atomic E-state index is 13.2. The van der Waals surface area contributed by atoms with E-state index in [1.165, 1.54) is 11.3 Å². The molecule has 1 amide bonds. The SMILES string of the molecule is CCc1sc(C2CCN(C(=O)C(C)(C)n3nc(C)cc3C)CC2)nc1C(=O)O. The summed E-state index contributed by atoms with van der Waals surface area (Å²) in [5, 5.41) is 14.7. The second-order valence-electron chi connectivity index (χ2n) is 7.95. The minimum Gasteiger partial charge on any atom is -0.476 e. The second kappa shape index (κ2) is 7.66. The molecule has 1 fully saturated rings. The number of carbonyl (C=O) groups excluding carboxylic acids is 1. The van der Waals surface area contributed by atoms with Crippen molar-refractivity contribution < 1.29 is 14.7 Å². The van der Waals surface area contributed by atoms with Gasteiger partial charge in [-0.1, -0.05) is 6.92 Å². The Hall–Kier alpha value is -2.22. The minimum absolute atomic E-state index is 0.0664. The topological polar surface area (TPSA) is 88.3 Å². The Bertz CT molecular complexity index is 891. The molecule has 0 atom stereocenters. The van der Waals surface area contributed by atoms with Crippen LogP contribution in [0, 0.1) is 13.8 Å². The lowest BCUT2D eigenvalue weighted by Crippen LogP contribution is -2.50. The zero-order valence-corrected chi connectivity index (χ0v) is 18.0. The van der Waals surface area contributed by atoms with E-state index in [0.29, 0.717) is 19.5 Å². The molecule has 8 heteroatoms. The first-order valence-electron chi connectivity index (χ1n) is 9.71. The molecule has 152 valence electrons. The summed E-state index contributed by atoms with van der Waals surface area (Å²) >= 11 is 1.50. The number of piperidine rings is 1. The summed E-state index contributed by atoms with van der Waals surface area (Å²) < 4.78 is 1.81. The summed E-state index contributed by atoms with van der Waals surface area (Å²) in [6.07, 6.45) is 2.27. The van der Waals surface area contributed by atoms with E-state index >= 15 is 0 Å². The van der Waals surface area contributed by atoms with E-state index < -0.39 is 11.5 Å². The molecule has 1 N–H and O–H groups in total. The number of carboxylic acid groups (broad SMARTS) is 1. The van der Waals surface area contributed by atoms with Crippen LogP contribution in [0.1, 0.15) is 71.3 Å². The third-order valence-electron chi connectivity index (χ3n) is 5.43. The molecule has 1 aliphatic heterocycles. The van der Waals surface area contributed by atoms with Gasteiger partial charge in [-0.2, -0.15) is 5.10 Å². The van der Waals surface area contributed by atoms with E-state index in [1.54, 1.807) is 0 Å². The quantitative estimate of drug-likeness (QED) is 0.825. The Labute approximate surface area is 169 Å². The number of thiazole rings is 1. The van der Waals surface area contributed by atoms with E-state index in [4.69, 9.17) is 0 Å². The normalized spacial score (nSPS) is 15.8. The molecule has 3 rings (SSSR count). The average Bonchev–Trinajstić information content (AvgIpc) is 3.24. The fourth-order valence-electron chi connectivity index (χ4n) is 3.95. The average molecular weight is 405 g/mol. The van der Waals surface area contributed by atoms with Gasteiger partial charge in [-0.15, -0.1) is 11.3 Å². The molecule has 0 unspecified atom stereocenters. The predicted octanol–water partition coefficient (Wildman–Crippen LogP) is 3.36. The van der Waals surface area contributed by atoms with Gasteiger partial charge < -0.3 is 10.0 Å². The fourth-order valence-corrected chi connectivity index (χ4v) is 5.12. The van der Waals surface area contributed by atoms with E-state index in [0.717, 1.165) is 34.1 Å². The third-order valence-corrected chi connectivity index (χ3v) is 6.79. The number of hydrogen-bond donors (Lipinski definition) is 1. The Morgan fingerprint density at radius 2 is 1.93 bits per heavy atom. The number of aryl methyl sites for hydroxylation is 3. The third kappa shape index (κ3) is 3.70. The van der Waals surface area contributed by atoms with Crippen LogP contribution in [0.5, 0.6) is 0 Å². The fraction of sp³-hybridized carbons (Fsp3) is 0.600. The molecule has 2 aromatic rings. The number of nitrogens with zero attached hydrogens (tertiary/aromatic N) is 4. The zero-order valence-electron chi connectivity index (χ0n) is 17.2. The molecule has 2 aromatic heterocycles. The number of amides is 1. The Morgan fingerprint density at radius 3 is 2.39 bits per heavy atom. The second-order valence-corrected chi connectivity index (χ2v) is 9.06. The molecule has 0 radical (unpaired) electrons. The van der Waals surface area contributed by atoms with Crippen molar-refractivity contribution in [2.24, 2.45) is 0 Å². The van der Waals surface area contributed by atoms with Gasteiger partial charge >= 0.3 is 5.97 Å². The first-order valence-corrected chi connectivity index (χ1v) is 10.5. The summed E-state index contributed by atoms with van der Waals surface area (Å²) in [5.41, 5.74) is 1.33. The molecular formula is C20H28N4O3S. The largest absolute Gasteiger partial charge is 0.476 e. The van der Waals surface area contributed by atoms with E-state index in [1.807, 2.05) is 50.3 Å². The first-order chi connectivity index (χ1) is 13.1. The molecule has 1 saturated heterocycles. The first kappa shape index (κ1) is 20.5. The van der Waals surface area contributed by atoms with E-state index in [2.05, 4.69) is 10.1 Å². The molecule has 0 spiro atoms. The van der Waals surface area contributed by atoms with Crippen molar-refractivity contribution in [3.8, 4) is 0 Å². The lowest BCUT2D eigenvalue weighted by atomic mass is 9.95. The highest BCUT2D eigenvalue weighted by molar-refractivity contribution is 7.12. The maximum absolute atomic E-state index is 13.2. The highest BCUT2D eigenvalue weighted by Gasteiger charge is 2.37. The minimum atomic E-state index is -0.960. The number of aromatic nitrogens is 3. The highest BCUT2D eigenvalue weighted by atomic mass is 32.1. The van der Waals surface area contributed by atoms with Gasteiger partial charge in [-0.05, 0) is 53.0 Å². The van der Waals surface area contributed by atoms with Crippen molar-refractivity contribution in [2.45, 2.75) is 65.3 Å². The van der Waals surface area contributed by atoms with Crippen LogP contribution < -0.4 is 0 Å². The van der Waals surface area contributed by atoms with Gasteiger partial charge in [-0.25, -0.2) is 9.78 Å². The zero-order chi connectivity index (χ0) is 20.6. The van der Waals surface area contributed by atoms with Crippen LogP contribution in [-0.4, -0.2) is 49.7 Å². The number of carboxylic acids is 1. The summed E-state index contributed by atoms with van der Waals surface area (Å²) in [6, 6.07) is 1.98. The number of rotatable bonds is 5. The molecule has 0 bridgehead atoms. The van der Waals surface area contributed by atoms with Crippen LogP contribution in [0.3, 0.4) is 0 Å². The Balaban J connectivity index is 1.70. The number of hydrogen-bond acceptors (Lipinski definition) is 5. The van der Waals surface area contributed by atoms with Gasteiger partial charge in [-0.3, -0.25) is 9.48 Å². The monoisotopic (exact) mass is 404 g/mol. The van der Waals surface area contributed by atoms with E-state index in [-0.39, 0.29) is 17.5 Å². The standard InChI is InChI=1S/C20H28N4O3S/c1-6-15-16(18(25)26)21-17(28-15)14-7-9-23(10-8-14)19(27)20(4,5)24-13(3)11-12(2)22-24/h11,14H,6-10H2,1-5H3,(H,25,26). The highest BCUT2D eigenvalue weighted by Crippen LogP contribution is 2.34. The molecule has 0 aliphatic carbocycles. The van der Waals surface area contributed by atoms with Gasteiger partial charge in [0.05, 0.1) is 10.7 Å². The van der Waals surface area contributed by atoms with Crippen LogP contribution in [0.2, 0.25) is 0 Å². The number of aromatic carboxylic acids is 1. The number of carbonyl (C=O) groups is 2. The van der Waals surface area contributed by atoms with Crippen molar-refractivity contribution in [2.75, 3.05) is 13.1 Å². The molecule has 3 heterocycles. The summed E-state index contributed by atoms with van der Waals surface area (Å²) in [5.74, 6) is -0.681. The molecule has 0 saturated carbocycles. The molecule has 1 aliphatic rings. The van der Waals surface area contributed by atoms with Gasteiger partial charge in [0.1, 0.15) is 5.54 Å². The van der Waals surface area contributed by atoms with Gasteiger partial charge in [0, 0.05) is 29.6 Å². The lowest BCUT2D eigenvalue weighted by molar-refractivity contribution is -0.141. The van der Waals surface area contributed by atoms with Crippen LogP contribution in [-0.2, 0) is 16.8 Å². The molecular weight excluding hydrogens is 376 g/mol. The van der Waals surface area contributed by atoms with Gasteiger partial charge in [0.25, 0.3) is 0 Å². The van der Waals surface area contributed by atoms with Crippen molar-refractivity contribution in [3.63, 3.8) is 0 Å². The summed E-state index contributed by atoms with van der Waals surface area (Å²) in [4.78, 5) is 31.7. The molecule has 28 heavy (non-hydrogen) atoms. The van der Waals surface area contributed by atoms with Crippen molar-refractivity contribution >= 4 is 23.2 Å². The Morgan fingerprint density at radius 1 is 1.29 bits per heavy atom. The van der Waals surface area contributed by atoms with Crippen LogP contribution in [0.25, 0.3) is 0 Å². The Kier molecular flexibility index (Phi) is 5.61. The molecule has 0 aromatic carbocycles. The van der Waals surface area contributed by atoms with Crippen molar-refractivity contribution in [1.82, 2.24) is 19.7 Å². The lowest BCUT2D eigenvalue weighted by Gasteiger charge is -2.37. The summed E-state index contributed by atoms with van der Waals surface area (Å²) in [6.45, 7) is 11.0. The predicted molar refractivity (Wildman–Crippen MR) is 108 cm³/mol. The van der Waals surface area contributed by atoms with Crippen LogP contribution >= 0.6 is 11.3 Å². The smallest absolute Gasteiger partial charge is 0.355 e. The summed E-state index contributed by atoms with van der Waals surface area (Å²) in [7, 11) is 0. The van der Waals surface area contributed by atoms with Crippen molar-refractivity contribution in [3.05, 3.63) is 33.0 Å². The van der Waals surface area contributed by atoms with Crippen LogP contribution in [0.15, 0.2) is 6.07 Å². The number of likely N-dealkylation sites (tertiary alicyclic amines) is 1. The van der Waals surface area contributed by atoms with Gasteiger partial charge in [0.2, 0.25) is 5.91 Å². The molecule has 7 nitrogen and oxygen atoms in total. The maximum Gasteiger partial charge on any atom is 0.355 e. The van der Waals surface area contributed by atoms with Gasteiger partial charge in [0.15, 0.2) is 5.69 Å². The van der Waals surface area contributed by atoms with E-state index in [9.17, 15) is 14.7 Å². The van der Waals surface area contributed by atoms with Crippen molar-refractivity contribution in [1.29, 1.82) is 0 Å².